The first-order chi connectivity index (χ1) is 9.76. The summed E-state index contributed by atoms with van der Waals surface area (Å²) in [4.78, 5) is 10.3. The topological polar surface area (TPSA) is 51.8 Å². The number of nitrogens with two attached hydrogens (primary N) is 1. The molecule has 20 heavy (non-hydrogen) atoms. The van der Waals surface area contributed by atoms with Crippen LogP contribution in [0.25, 0.3) is 22.0 Å². The van der Waals surface area contributed by atoms with E-state index in [4.69, 9.17) is 5.73 Å². The SMILES string of the molecule is Cc1ccc(-c2nc(CN)cc(-c3cccs3)n2)cc1. The number of hydrogen-bond donors (Lipinski definition) is 1. The maximum Gasteiger partial charge on any atom is 0.160 e. The maximum absolute atomic E-state index is 5.76. The molecule has 0 unspecified atom stereocenters. The largest absolute Gasteiger partial charge is 0.325 e. The summed E-state index contributed by atoms with van der Waals surface area (Å²) >= 11 is 1.67. The molecule has 3 rings (SSSR count). The first-order valence-corrected chi connectivity index (χ1v) is 7.33. The number of aromatic nitrogens is 2. The molecule has 0 aliphatic rings. The lowest BCUT2D eigenvalue weighted by molar-refractivity contribution is 0.972. The van der Waals surface area contributed by atoms with Crippen molar-refractivity contribution in [3.05, 3.63) is 59.1 Å². The molecule has 0 saturated carbocycles. The van der Waals surface area contributed by atoms with Crippen LogP contribution in [0.2, 0.25) is 0 Å². The van der Waals surface area contributed by atoms with Crippen molar-refractivity contribution in [3.63, 3.8) is 0 Å². The number of benzene rings is 1. The van der Waals surface area contributed by atoms with E-state index in [-0.39, 0.29) is 0 Å². The van der Waals surface area contributed by atoms with Crippen LogP contribution >= 0.6 is 11.3 Å². The van der Waals surface area contributed by atoms with Gasteiger partial charge >= 0.3 is 0 Å². The van der Waals surface area contributed by atoms with Gasteiger partial charge in [-0.05, 0) is 24.4 Å². The highest BCUT2D eigenvalue weighted by Crippen LogP contribution is 2.26. The predicted octanol–water partition coefficient (Wildman–Crippen LogP) is 3.64. The Labute approximate surface area is 122 Å². The summed E-state index contributed by atoms with van der Waals surface area (Å²) in [5.41, 5.74) is 9.79. The van der Waals surface area contributed by atoms with Gasteiger partial charge in [0.25, 0.3) is 0 Å². The van der Waals surface area contributed by atoms with Gasteiger partial charge in [0.15, 0.2) is 5.82 Å². The van der Waals surface area contributed by atoms with Crippen LogP contribution in [0, 0.1) is 6.92 Å². The van der Waals surface area contributed by atoms with E-state index in [1.807, 2.05) is 29.6 Å². The van der Waals surface area contributed by atoms with E-state index in [1.54, 1.807) is 11.3 Å². The van der Waals surface area contributed by atoms with Crippen LogP contribution in [-0.4, -0.2) is 9.97 Å². The monoisotopic (exact) mass is 281 g/mol. The quantitative estimate of drug-likeness (QED) is 0.797. The Morgan fingerprint density at radius 2 is 1.90 bits per heavy atom. The number of nitrogens with zero attached hydrogens (tertiary/aromatic N) is 2. The fourth-order valence-corrected chi connectivity index (χ4v) is 2.67. The third kappa shape index (κ3) is 2.61. The predicted molar refractivity (Wildman–Crippen MR) is 83.4 cm³/mol. The molecule has 0 aliphatic heterocycles. The van der Waals surface area contributed by atoms with Crippen LogP contribution in [-0.2, 0) is 6.54 Å². The molecular formula is C16H15N3S. The van der Waals surface area contributed by atoms with Crippen molar-refractivity contribution in [2.75, 3.05) is 0 Å². The smallest absolute Gasteiger partial charge is 0.160 e. The first-order valence-electron chi connectivity index (χ1n) is 6.45. The molecule has 3 aromatic rings. The average molecular weight is 281 g/mol. The minimum Gasteiger partial charge on any atom is -0.325 e. The summed E-state index contributed by atoms with van der Waals surface area (Å²) in [6, 6.07) is 14.3. The molecule has 100 valence electrons. The molecule has 2 heterocycles. The normalized spacial score (nSPS) is 10.7. The van der Waals surface area contributed by atoms with Crippen LogP contribution in [0.15, 0.2) is 47.8 Å². The fourth-order valence-electron chi connectivity index (χ4n) is 1.98. The van der Waals surface area contributed by atoms with Crippen LogP contribution in [0.5, 0.6) is 0 Å². The van der Waals surface area contributed by atoms with Gasteiger partial charge in [-0.1, -0.05) is 35.9 Å². The van der Waals surface area contributed by atoms with Crippen molar-refractivity contribution in [2.24, 2.45) is 5.73 Å². The Balaban J connectivity index is 2.11. The number of aryl methyl sites for hydroxylation is 1. The van der Waals surface area contributed by atoms with Gasteiger partial charge in [-0.3, -0.25) is 0 Å². The van der Waals surface area contributed by atoms with Crippen molar-refractivity contribution in [3.8, 4) is 22.0 Å². The summed E-state index contributed by atoms with van der Waals surface area (Å²) < 4.78 is 0. The summed E-state index contributed by atoms with van der Waals surface area (Å²) in [7, 11) is 0. The molecule has 0 saturated heterocycles. The highest BCUT2D eigenvalue weighted by molar-refractivity contribution is 7.13. The van der Waals surface area contributed by atoms with Gasteiger partial charge in [0.2, 0.25) is 0 Å². The van der Waals surface area contributed by atoms with Gasteiger partial charge in [0, 0.05) is 12.1 Å². The Bertz CT molecular complexity index is 703. The Kier molecular flexibility index (Phi) is 3.58. The van der Waals surface area contributed by atoms with Crippen molar-refractivity contribution in [1.29, 1.82) is 0 Å². The second-order valence-electron chi connectivity index (χ2n) is 4.62. The van der Waals surface area contributed by atoms with Gasteiger partial charge in [0.05, 0.1) is 16.3 Å². The minimum atomic E-state index is 0.416. The molecule has 0 fully saturated rings. The fraction of sp³-hybridized carbons (Fsp3) is 0.125. The van der Waals surface area contributed by atoms with Crippen molar-refractivity contribution in [1.82, 2.24) is 9.97 Å². The van der Waals surface area contributed by atoms with Crippen molar-refractivity contribution >= 4 is 11.3 Å². The van der Waals surface area contributed by atoms with Gasteiger partial charge in [0.1, 0.15) is 0 Å². The standard InChI is InChI=1S/C16H15N3S/c1-11-4-6-12(7-5-11)16-18-13(10-17)9-14(19-16)15-3-2-8-20-15/h2-9H,10,17H2,1H3. The third-order valence-electron chi connectivity index (χ3n) is 3.07. The van der Waals surface area contributed by atoms with E-state index in [1.165, 1.54) is 5.56 Å². The second-order valence-corrected chi connectivity index (χ2v) is 5.56. The molecule has 0 radical (unpaired) electrons. The van der Waals surface area contributed by atoms with Crippen LogP contribution in [0.3, 0.4) is 0 Å². The van der Waals surface area contributed by atoms with Crippen LogP contribution < -0.4 is 5.73 Å². The summed E-state index contributed by atoms with van der Waals surface area (Å²) in [6.07, 6.45) is 0. The summed E-state index contributed by atoms with van der Waals surface area (Å²) in [6.45, 7) is 2.48. The lowest BCUT2D eigenvalue weighted by atomic mass is 10.1. The zero-order chi connectivity index (χ0) is 13.9. The molecule has 3 nitrogen and oxygen atoms in total. The maximum atomic E-state index is 5.76. The average Bonchev–Trinajstić information content (AvgIpc) is 3.02. The molecular weight excluding hydrogens is 266 g/mol. The molecule has 0 spiro atoms. The molecule has 0 aliphatic carbocycles. The molecule has 1 aromatic carbocycles. The van der Waals surface area contributed by atoms with Gasteiger partial charge in [-0.2, -0.15) is 0 Å². The zero-order valence-electron chi connectivity index (χ0n) is 11.2. The van der Waals surface area contributed by atoms with E-state index in [2.05, 4.69) is 35.1 Å². The van der Waals surface area contributed by atoms with E-state index >= 15 is 0 Å². The Morgan fingerprint density at radius 3 is 2.55 bits per heavy atom. The van der Waals surface area contributed by atoms with Gasteiger partial charge in [-0.25, -0.2) is 9.97 Å². The van der Waals surface area contributed by atoms with E-state index in [0.717, 1.165) is 27.7 Å². The van der Waals surface area contributed by atoms with Crippen molar-refractivity contribution in [2.45, 2.75) is 13.5 Å². The van der Waals surface area contributed by atoms with Crippen LogP contribution in [0.4, 0.5) is 0 Å². The highest BCUT2D eigenvalue weighted by atomic mass is 32.1. The Morgan fingerprint density at radius 1 is 1.10 bits per heavy atom. The molecule has 0 amide bonds. The summed E-state index contributed by atoms with van der Waals surface area (Å²) in [5.74, 6) is 0.733. The number of thiophene rings is 1. The molecule has 4 heteroatoms. The molecule has 0 atom stereocenters. The summed E-state index contributed by atoms with van der Waals surface area (Å²) in [5, 5.41) is 2.05. The lowest BCUT2D eigenvalue weighted by Gasteiger charge is -2.06. The zero-order valence-corrected chi connectivity index (χ0v) is 12.0. The molecule has 0 bridgehead atoms. The van der Waals surface area contributed by atoms with E-state index in [9.17, 15) is 0 Å². The number of rotatable bonds is 3. The molecule has 2 N–H and O–H groups in total. The van der Waals surface area contributed by atoms with Crippen molar-refractivity contribution < 1.29 is 0 Å². The number of hydrogen-bond acceptors (Lipinski definition) is 4. The van der Waals surface area contributed by atoms with Gasteiger partial charge in [-0.15, -0.1) is 11.3 Å². The lowest BCUT2D eigenvalue weighted by Crippen LogP contribution is -2.03. The molecule has 2 aromatic heterocycles. The van der Waals surface area contributed by atoms with E-state index in [0.29, 0.717) is 6.54 Å². The highest BCUT2D eigenvalue weighted by Gasteiger charge is 2.08. The third-order valence-corrected chi connectivity index (χ3v) is 3.96. The first kappa shape index (κ1) is 13.0. The van der Waals surface area contributed by atoms with Gasteiger partial charge < -0.3 is 5.73 Å². The van der Waals surface area contributed by atoms with E-state index < -0.39 is 0 Å². The van der Waals surface area contributed by atoms with Crippen LogP contribution in [0.1, 0.15) is 11.3 Å². The Hall–Kier alpha value is -2.04. The minimum absolute atomic E-state index is 0.416. The second kappa shape index (κ2) is 5.53.